The van der Waals surface area contributed by atoms with E-state index in [1.54, 1.807) is 11.8 Å². The van der Waals surface area contributed by atoms with E-state index in [2.05, 4.69) is 22.1 Å². The van der Waals surface area contributed by atoms with Crippen LogP contribution in [0.2, 0.25) is 0 Å². The van der Waals surface area contributed by atoms with Crippen molar-refractivity contribution in [3.63, 3.8) is 0 Å². The van der Waals surface area contributed by atoms with Crippen molar-refractivity contribution in [2.45, 2.75) is 38.6 Å². The van der Waals surface area contributed by atoms with E-state index in [-0.39, 0.29) is 18.4 Å². The summed E-state index contributed by atoms with van der Waals surface area (Å²) in [5.74, 6) is 0.00158. The van der Waals surface area contributed by atoms with Gasteiger partial charge in [0.15, 0.2) is 0 Å². The Bertz CT molecular complexity index is 882. The number of hydrogen-bond acceptors (Lipinski definition) is 3. The number of carbonyl (C=O) groups is 1. The summed E-state index contributed by atoms with van der Waals surface area (Å²) in [5.41, 5.74) is 2.56. The molecule has 0 saturated heterocycles. The number of aromatic amines is 2. The smallest absolute Gasteiger partial charge is 0.325 e. The third kappa shape index (κ3) is 3.04. The van der Waals surface area contributed by atoms with Crippen LogP contribution in [0.4, 0.5) is 0 Å². The number of amides is 1. The van der Waals surface area contributed by atoms with E-state index in [4.69, 9.17) is 0 Å². The maximum absolute atomic E-state index is 12.5. The molecule has 0 saturated carbocycles. The number of nitrogens with one attached hydrogen (secondary N) is 2. The predicted octanol–water partition coefficient (Wildman–Crippen LogP) is 1.45. The van der Waals surface area contributed by atoms with E-state index < -0.39 is 11.2 Å². The van der Waals surface area contributed by atoms with Crippen molar-refractivity contribution in [1.29, 1.82) is 0 Å². The summed E-state index contributed by atoms with van der Waals surface area (Å²) >= 11 is 0. The van der Waals surface area contributed by atoms with Crippen molar-refractivity contribution in [2.75, 3.05) is 7.05 Å². The maximum Gasteiger partial charge on any atom is 0.325 e. The Morgan fingerprint density at radius 2 is 2.00 bits per heavy atom. The molecule has 2 aromatic rings. The fourth-order valence-corrected chi connectivity index (χ4v) is 3.45. The molecule has 24 heavy (non-hydrogen) atoms. The second kappa shape index (κ2) is 6.47. The van der Waals surface area contributed by atoms with Gasteiger partial charge in [-0.3, -0.25) is 14.6 Å². The summed E-state index contributed by atoms with van der Waals surface area (Å²) in [6, 6.07) is 8.31. The lowest BCUT2D eigenvalue weighted by Crippen LogP contribution is -2.32. The Labute approximate surface area is 139 Å². The van der Waals surface area contributed by atoms with Gasteiger partial charge >= 0.3 is 5.69 Å². The minimum Gasteiger partial charge on any atom is -0.339 e. The van der Waals surface area contributed by atoms with E-state index in [0.29, 0.717) is 17.7 Å². The molecule has 1 atom stereocenters. The van der Waals surface area contributed by atoms with E-state index in [1.165, 1.54) is 11.1 Å². The monoisotopic (exact) mass is 327 g/mol. The van der Waals surface area contributed by atoms with Gasteiger partial charge < -0.3 is 9.88 Å². The van der Waals surface area contributed by atoms with E-state index in [1.807, 2.05) is 19.2 Å². The molecule has 1 aliphatic carbocycles. The minimum atomic E-state index is -0.521. The fourth-order valence-electron chi connectivity index (χ4n) is 3.45. The van der Waals surface area contributed by atoms with Crippen molar-refractivity contribution in [1.82, 2.24) is 14.9 Å². The van der Waals surface area contributed by atoms with E-state index in [0.717, 1.165) is 12.8 Å². The molecular weight excluding hydrogens is 306 g/mol. The van der Waals surface area contributed by atoms with Crippen LogP contribution in [0.1, 0.15) is 41.3 Å². The van der Waals surface area contributed by atoms with E-state index in [9.17, 15) is 14.4 Å². The van der Waals surface area contributed by atoms with Crippen LogP contribution in [0, 0.1) is 6.92 Å². The zero-order chi connectivity index (χ0) is 17.3. The molecule has 6 nitrogen and oxygen atoms in total. The van der Waals surface area contributed by atoms with Gasteiger partial charge in [0.2, 0.25) is 5.91 Å². The van der Waals surface area contributed by atoms with Gasteiger partial charge in [-0.15, -0.1) is 0 Å². The highest BCUT2D eigenvalue weighted by molar-refractivity contribution is 5.77. The molecule has 1 aliphatic rings. The highest BCUT2D eigenvalue weighted by Gasteiger charge is 2.28. The number of rotatable bonds is 4. The summed E-state index contributed by atoms with van der Waals surface area (Å²) in [4.78, 5) is 42.2. The van der Waals surface area contributed by atoms with Crippen molar-refractivity contribution >= 4 is 5.91 Å². The van der Waals surface area contributed by atoms with Crippen molar-refractivity contribution in [3.05, 3.63) is 67.5 Å². The van der Waals surface area contributed by atoms with Gasteiger partial charge in [0, 0.05) is 24.7 Å². The summed E-state index contributed by atoms with van der Waals surface area (Å²) in [5, 5.41) is 0. The Hall–Kier alpha value is -2.63. The van der Waals surface area contributed by atoms with Crippen LogP contribution < -0.4 is 11.2 Å². The summed E-state index contributed by atoms with van der Waals surface area (Å²) in [6.45, 7) is 1.67. The maximum atomic E-state index is 12.5. The zero-order valence-electron chi connectivity index (χ0n) is 13.9. The number of hydrogen-bond donors (Lipinski definition) is 2. The Morgan fingerprint density at radius 3 is 2.75 bits per heavy atom. The second-order valence-corrected chi connectivity index (χ2v) is 6.27. The summed E-state index contributed by atoms with van der Waals surface area (Å²) in [6.07, 6.45) is 2.47. The van der Waals surface area contributed by atoms with Crippen molar-refractivity contribution in [3.8, 4) is 0 Å². The molecule has 0 aliphatic heterocycles. The van der Waals surface area contributed by atoms with Crippen LogP contribution in [0.3, 0.4) is 0 Å². The Morgan fingerprint density at radius 1 is 1.25 bits per heavy atom. The van der Waals surface area contributed by atoms with Crippen molar-refractivity contribution < 1.29 is 4.79 Å². The number of nitrogens with zero attached hydrogens (tertiary/aromatic N) is 1. The lowest BCUT2D eigenvalue weighted by Gasteiger charge is -2.25. The van der Waals surface area contributed by atoms with Gasteiger partial charge in [-0.2, -0.15) is 0 Å². The number of carbonyl (C=O) groups excluding carboxylic acids is 1. The largest absolute Gasteiger partial charge is 0.339 e. The molecule has 1 heterocycles. The van der Waals surface area contributed by atoms with Gasteiger partial charge in [0.05, 0.1) is 6.04 Å². The standard InChI is InChI=1S/C18H21N3O3/c1-11-13(17(23)20-18(24)19-11)8-10-16(22)21(2)15-9-7-12-5-3-4-6-14(12)15/h3-6,15H,7-10H2,1-2H3,(H2,19,20,23,24). The molecule has 2 N–H and O–H groups in total. The van der Waals surface area contributed by atoms with Gasteiger partial charge in [0.25, 0.3) is 5.56 Å². The molecule has 1 aromatic heterocycles. The quantitative estimate of drug-likeness (QED) is 0.891. The number of benzene rings is 1. The number of H-pyrrole nitrogens is 2. The van der Waals surface area contributed by atoms with Gasteiger partial charge in [0.1, 0.15) is 0 Å². The number of fused-ring (bicyclic) bond motifs is 1. The van der Waals surface area contributed by atoms with Gasteiger partial charge in [-0.25, -0.2) is 4.79 Å². The third-order valence-corrected chi connectivity index (χ3v) is 4.81. The Kier molecular flexibility index (Phi) is 4.38. The molecule has 6 heteroatoms. The highest BCUT2D eigenvalue weighted by Crippen LogP contribution is 2.35. The number of aryl methyl sites for hydroxylation is 2. The molecule has 1 aromatic carbocycles. The van der Waals surface area contributed by atoms with Crippen LogP contribution in [-0.2, 0) is 17.6 Å². The molecule has 0 fully saturated rings. The molecule has 126 valence electrons. The normalized spacial score (nSPS) is 16.0. The molecule has 0 spiro atoms. The molecule has 0 bridgehead atoms. The molecule has 1 amide bonds. The summed E-state index contributed by atoms with van der Waals surface area (Å²) in [7, 11) is 1.82. The second-order valence-electron chi connectivity index (χ2n) is 6.27. The average molecular weight is 327 g/mol. The predicted molar refractivity (Wildman–Crippen MR) is 91.0 cm³/mol. The first-order valence-corrected chi connectivity index (χ1v) is 8.13. The lowest BCUT2D eigenvalue weighted by atomic mass is 10.1. The molecular formula is C18H21N3O3. The fraction of sp³-hybridized carbons (Fsp3) is 0.389. The van der Waals surface area contributed by atoms with Crippen molar-refractivity contribution in [2.24, 2.45) is 0 Å². The zero-order valence-corrected chi connectivity index (χ0v) is 13.9. The SMILES string of the molecule is Cc1[nH]c(=O)[nH]c(=O)c1CCC(=O)N(C)C1CCc2ccccc21. The van der Waals surface area contributed by atoms with E-state index >= 15 is 0 Å². The molecule has 0 radical (unpaired) electrons. The first kappa shape index (κ1) is 16.2. The van der Waals surface area contributed by atoms with Crippen LogP contribution >= 0.6 is 0 Å². The van der Waals surface area contributed by atoms with Crippen LogP contribution in [0.25, 0.3) is 0 Å². The number of aromatic nitrogens is 2. The summed E-state index contributed by atoms with van der Waals surface area (Å²) < 4.78 is 0. The topological polar surface area (TPSA) is 86.0 Å². The first-order valence-electron chi connectivity index (χ1n) is 8.13. The lowest BCUT2D eigenvalue weighted by molar-refractivity contribution is -0.132. The minimum absolute atomic E-state index is 0.00158. The molecule has 3 rings (SSSR count). The van der Waals surface area contributed by atoms with Crippen LogP contribution in [0.15, 0.2) is 33.9 Å². The Balaban J connectivity index is 1.70. The third-order valence-electron chi connectivity index (χ3n) is 4.81. The molecule has 1 unspecified atom stereocenters. The van der Waals surface area contributed by atoms with Crippen LogP contribution in [0.5, 0.6) is 0 Å². The average Bonchev–Trinajstić information content (AvgIpc) is 2.96. The van der Waals surface area contributed by atoms with Gasteiger partial charge in [-0.1, -0.05) is 24.3 Å². The highest BCUT2D eigenvalue weighted by atomic mass is 16.2. The van der Waals surface area contributed by atoms with Gasteiger partial charge in [-0.05, 0) is 37.3 Å². The first-order chi connectivity index (χ1) is 11.5. The van der Waals surface area contributed by atoms with Crippen LogP contribution in [-0.4, -0.2) is 27.8 Å².